The Morgan fingerprint density at radius 2 is 1.77 bits per heavy atom. The van der Waals surface area contributed by atoms with Crippen molar-refractivity contribution in [3.8, 4) is 0 Å². The minimum atomic E-state index is -3.84. The van der Waals surface area contributed by atoms with Gasteiger partial charge in [0.05, 0.1) is 22.8 Å². The van der Waals surface area contributed by atoms with Crippen LogP contribution in [0.25, 0.3) is 0 Å². The first kappa shape index (κ1) is 21.6. The number of carbonyl (C=O) groups excluding carboxylic acids is 1. The Bertz CT molecular complexity index is 1180. The molecule has 0 aliphatic carbocycles. The van der Waals surface area contributed by atoms with E-state index in [2.05, 4.69) is 9.88 Å². The van der Waals surface area contributed by atoms with Crippen LogP contribution in [0.3, 0.4) is 0 Å². The number of hydrogen-bond donors (Lipinski definition) is 1. The van der Waals surface area contributed by atoms with E-state index in [-0.39, 0.29) is 10.8 Å². The third kappa shape index (κ3) is 4.38. The molecule has 0 aliphatic rings. The summed E-state index contributed by atoms with van der Waals surface area (Å²) < 4.78 is 33.6. The number of para-hydroxylation sites is 1. The van der Waals surface area contributed by atoms with Crippen molar-refractivity contribution in [3.63, 3.8) is 0 Å². The first-order valence-corrected chi connectivity index (χ1v) is 10.9. The fourth-order valence-corrected chi connectivity index (χ4v) is 4.29. The maximum Gasteiger partial charge on any atom is 0.261 e. The van der Waals surface area contributed by atoms with Gasteiger partial charge >= 0.3 is 0 Å². The van der Waals surface area contributed by atoms with Gasteiger partial charge in [0.1, 0.15) is 5.76 Å². The topological polar surface area (TPSA) is 92.5 Å². The standard InChI is InChI=1S/C22H25N3O4S/c1-14-10-11-18(30(27,28)24-21-9-7-6-8-15(21)2)12-19(14)22(26)25(5)13-20-16(3)23-29-17(20)4/h6-12,24H,13H2,1-5H3. The van der Waals surface area contributed by atoms with Crippen molar-refractivity contribution in [3.05, 3.63) is 76.2 Å². The van der Waals surface area contributed by atoms with Crippen molar-refractivity contribution in [1.29, 1.82) is 0 Å². The molecular weight excluding hydrogens is 402 g/mol. The zero-order valence-electron chi connectivity index (χ0n) is 17.7. The van der Waals surface area contributed by atoms with Gasteiger partial charge in [-0.1, -0.05) is 29.4 Å². The number of amides is 1. The number of rotatable bonds is 6. The molecule has 3 aromatic rings. The third-order valence-corrected chi connectivity index (χ3v) is 6.43. The predicted molar refractivity (Wildman–Crippen MR) is 115 cm³/mol. The van der Waals surface area contributed by atoms with Crippen LogP contribution in [-0.2, 0) is 16.6 Å². The summed E-state index contributed by atoms with van der Waals surface area (Å²) in [5.74, 6) is 0.378. The number of aryl methyl sites for hydroxylation is 4. The minimum Gasteiger partial charge on any atom is -0.361 e. The van der Waals surface area contributed by atoms with Gasteiger partial charge in [-0.15, -0.1) is 0 Å². The highest BCUT2D eigenvalue weighted by Crippen LogP contribution is 2.23. The van der Waals surface area contributed by atoms with Crippen LogP contribution in [0.1, 0.15) is 38.5 Å². The highest BCUT2D eigenvalue weighted by atomic mass is 32.2. The first-order chi connectivity index (χ1) is 14.1. The molecule has 0 saturated carbocycles. The molecule has 0 bridgehead atoms. The Hall–Kier alpha value is -3.13. The summed E-state index contributed by atoms with van der Waals surface area (Å²) in [6, 6.07) is 11.7. The first-order valence-electron chi connectivity index (χ1n) is 9.46. The van der Waals surface area contributed by atoms with Crippen LogP contribution in [0, 0.1) is 27.7 Å². The second kappa shape index (κ2) is 8.31. The van der Waals surface area contributed by atoms with E-state index in [4.69, 9.17) is 4.52 Å². The van der Waals surface area contributed by atoms with Crippen LogP contribution in [0.5, 0.6) is 0 Å². The quantitative estimate of drug-likeness (QED) is 0.642. The SMILES string of the molecule is Cc1ccccc1NS(=O)(=O)c1ccc(C)c(C(=O)N(C)Cc2c(C)noc2C)c1. The van der Waals surface area contributed by atoms with Crippen LogP contribution in [0.15, 0.2) is 51.9 Å². The number of nitrogens with one attached hydrogen (secondary N) is 1. The molecule has 1 heterocycles. The molecular formula is C22H25N3O4S. The molecule has 8 heteroatoms. The van der Waals surface area contributed by atoms with E-state index in [0.717, 1.165) is 16.8 Å². The molecule has 3 rings (SSSR count). The molecule has 1 N–H and O–H groups in total. The Balaban J connectivity index is 1.89. The van der Waals surface area contributed by atoms with Crippen LogP contribution >= 0.6 is 0 Å². The molecule has 158 valence electrons. The maximum absolute atomic E-state index is 13.1. The number of sulfonamides is 1. The lowest BCUT2D eigenvalue weighted by molar-refractivity contribution is 0.0783. The van der Waals surface area contributed by atoms with Crippen LogP contribution in [-0.4, -0.2) is 31.4 Å². The molecule has 30 heavy (non-hydrogen) atoms. The Morgan fingerprint density at radius 1 is 1.07 bits per heavy atom. The molecule has 0 aliphatic heterocycles. The average molecular weight is 428 g/mol. The summed E-state index contributed by atoms with van der Waals surface area (Å²) in [4.78, 5) is 14.6. The van der Waals surface area contributed by atoms with Crippen molar-refractivity contribution in [1.82, 2.24) is 10.1 Å². The lowest BCUT2D eigenvalue weighted by Crippen LogP contribution is -2.27. The van der Waals surface area contributed by atoms with Crippen molar-refractivity contribution >= 4 is 21.6 Å². The van der Waals surface area contributed by atoms with Gasteiger partial charge in [-0.25, -0.2) is 8.42 Å². The monoisotopic (exact) mass is 427 g/mol. The van der Waals surface area contributed by atoms with Gasteiger partial charge in [0.2, 0.25) is 0 Å². The number of carbonyl (C=O) groups is 1. The van der Waals surface area contributed by atoms with Crippen LogP contribution < -0.4 is 4.72 Å². The molecule has 1 aromatic heterocycles. The normalized spacial score (nSPS) is 11.4. The van der Waals surface area contributed by atoms with Gasteiger partial charge in [0, 0.05) is 18.2 Å². The van der Waals surface area contributed by atoms with Crippen LogP contribution in [0.2, 0.25) is 0 Å². The van der Waals surface area contributed by atoms with Gasteiger partial charge in [0.15, 0.2) is 0 Å². The summed E-state index contributed by atoms with van der Waals surface area (Å²) in [5.41, 5.74) is 3.90. The third-order valence-electron chi connectivity index (χ3n) is 5.06. The second-order valence-electron chi connectivity index (χ2n) is 7.36. The van der Waals surface area contributed by atoms with E-state index in [9.17, 15) is 13.2 Å². The number of benzene rings is 2. The molecule has 0 atom stereocenters. The molecule has 2 aromatic carbocycles. The summed E-state index contributed by atoms with van der Waals surface area (Å²) in [5, 5.41) is 3.91. The van der Waals surface area contributed by atoms with E-state index < -0.39 is 10.0 Å². The van der Waals surface area contributed by atoms with Gasteiger partial charge in [-0.2, -0.15) is 0 Å². The fourth-order valence-electron chi connectivity index (χ4n) is 3.13. The number of aromatic nitrogens is 1. The predicted octanol–water partition coefficient (Wildman–Crippen LogP) is 3.98. The molecule has 0 spiro atoms. The van der Waals surface area contributed by atoms with Crippen molar-refractivity contribution < 1.29 is 17.7 Å². The van der Waals surface area contributed by atoms with E-state index in [1.165, 1.54) is 17.0 Å². The fraction of sp³-hybridized carbons (Fsp3) is 0.273. The molecule has 0 fully saturated rings. The lowest BCUT2D eigenvalue weighted by Gasteiger charge is -2.19. The van der Waals surface area contributed by atoms with Gasteiger partial charge in [0.25, 0.3) is 15.9 Å². The average Bonchev–Trinajstić information content (AvgIpc) is 3.01. The minimum absolute atomic E-state index is 0.0328. The largest absolute Gasteiger partial charge is 0.361 e. The highest BCUT2D eigenvalue weighted by molar-refractivity contribution is 7.92. The number of anilines is 1. The summed E-state index contributed by atoms with van der Waals surface area (Å²) >= 11 is 0. The summed E-state index contributed by atoms with van der Waals surface area (Å²) in [7, 11) is -2.18. The lowest BCUT2D eigenvalue weighted by atomic mass is 10.1. The zero-order chi connectivity index (χ0) is 22.1. The maximum atomic E-state index is 13.1. The van der Waals surface area contributed by atoms with Gasteiger partial charge in [-0.3, -0.25) is 9.52 Å². The number of hydrogen-bond acceptors (Lipinski definition) is 5. The van der Waals surface area contributed by atoms with Crippen LogP contribution in [0.4, 0.5) is 5.69 Å². The Kier molecular flexibility index (Phi) is 5.98. The van der Waals surface area contributed by atoms with Gasteiger partial charge < -0.3 is 9.42 Å². The molecule has 1 amide bonds. The van der Waals surface area contributed by atoms with Gasteiger partial charge in [-0.05, 0) is 57.0 Å². The Morgan fingerprint density at radius 3 is 2.40 bits per heavy atom. The molecule has 7 nitrogen and oxygen atoms in total. The highest BCUT2D eigenvalue weighted by Gasteiger charge is 2.22. The second-order valence-corrected chi connectivity index (χ2v) is 9.04. The van der Waals surface area contributed by atoms with Crippen molar-refractivity contribution in [2.75, 3.05) is 11.8 Å². The number of nitrogens with zero attached hydrogens (tertiary/aromatic N) is 2. The Labute approximate surface area is 176 Å². The van der Waals surface area contributed by atoms with Crippen molar-refractivity contribution in [2.24, 2.45) is 0 Å². The summed E-state index contributed by atoms with van der Waals surface area (Å²) in [6.07, 6.45) is 0. The van der Waals surface area contributed by atoms with E-state index in [1.807, 2.05) is 26.0 Å². The zero-order valence-corrected chi connectivity index (χ0v) is 18.5. The van der Waals surface area contributed by atoms with E-state index in [1.54, 1.807) is 39.1 Å². The van der Waals surface area contributed by atoms with E-state index >= 15 is 0 Å². The van der Waals surface area contributed by atoms with E-state index in [0.29, 0.717) is 29.1 Å². The molecule has 0 saturated heterocycles. The van der Waals surface area contributed by atoms with Crippen molar-refractivity contribution in [2.45, 2.75) is 39.1 Å². The molecule has 0 radical (unpaired) electrons. The molecule has 0 unspecified atom stereocenters. The summed E-state index contributed by atoms with van der Waals surface area (Å²) in [6.45, 7) is 7.54. The smallest absolute Gasteiger partial charge is 0.261 e.